The highest BCUT2D eigenvalue weighted by atomic mass is 16.7. The number of hydrogen-bond acceptors (Lipinski definition) is 7. The number of anilines is 1. The fourth-order valence-corrected chi connectivity index (χ4v) is 4.28. The maximum atomic E-state index is 12.7. The van der Waals surface area contributed by atoms with Gasteiger partial charge in [-0.25, -0.2) is 4.79 Å². The molecule has 0 atom stereocenters. The average molecular weight is 563 g/mol. The molecule has 0 aromatic heterocycles. The minimum absolute atomic E-state index is 0.0914. The van der Waals surface area contributed by atoms with Crippen LogP contribution in [0.4, 0.5) is 10.5 Å². The zero-order chi connectivity index (χ0) is 29.6. The van der Waals surface area contributed by atoms with Gasteiger partial charge in [0.25, 0.3) is 5.91 Å². The van der Waals surface area contributed by atoms with Crippen LogP contribution in [-0.4, -0.2) is 66.6 Å². The van der Waals surface area contributed by atoms with Crippen LogP contribution < -0.4 is 16.1 Å². The predicted octanol–water partition coefficient (Wildman–Crippen LogP) is 3.86. The van der Waals surface area contributed by atoms with Crippen LogP contribution in [0, 0.1) is 0 Å². The number of hydrazone groups is 1. The zero-order valence-corrected chi connectivity index (χ0v) is 24.8. The normalized spacial score (nSPS) is 18.0. The smallest absolute Gasteiger partial charge is 0.444 e. The summed E-state index contributed by atoms with van der Waals surface area (Å²) in [5.74, 6) is -0.221. The molecule has 2 heterocycles. The van der Waals surface area contributed by atoms with Crippen molar-refractivity contribution in [1.29, 1.82) is 0 Å². The van der Waals surface area contributed by atoms with Crippen molar-refractivity contribution in [2.75, 3.05) is 25.0 Å². The van der Waals surface area contributed by atoms with E-state index in [0.717, 1.165) is 29.7 Å². The largest absolute Gasteiger partial charge is 0.494 e. The number of nitrogens with one attached hydrogen (secondary N) is 2. The Balaban J connectivity index is 1.32. The van der Waals surface area contributed by atoms with Crippen LogP contribution in [0.25, 0.3) is 0 Å². The Morgan fingerprint density at radius 3 is 2.37 bits per heavy atom. The Bertz CT molecular complexity index is 1310. The molecule has 2 aliphatic heterocycles. The molecule has 0 radical (unpaired) electrons. The van der Waals surface area contributed by atoms with Crippen molar-refractivity contribution >= 4 is 42.2 Å². The lowest BCUT2D eigenvalue weighted by atomic mass is 9.79. The van der Waals surface area contributed by atoms with Crippen LogP contribution in [0.15, 0.2) is 47.6 Å². The molecule has 1 saturated heterocycles. The molecule has 2 amide bonds. The summed E-state index contributed by atoms with van der Waals surface area (Å²) in [6, 6.07) is 12.7. The lowest BCUT2D eigenvalue weighted by Gasteiger charge is -2.32. The van der Waals surface area contributed by atoms with Crippen molar-refractivity contribution in [1.82, 2.24) is 5.32 Å². The maximum absolute atomic E-state index is 12.7. The number of amides is 2. The molecule has 10 nitrogen and oxygen atoms in total. The molecule has 0 unspecified atom stereocenters. The van der Waals surface area contributed by atoms with Gasteiger partial charge in [-0.1, -0.05) is 35.9 Å². The van der Waals surface area contributed by atoms with Gasteiger partial charge >= 0.3 is 13.2 Å². The van der Waals surface area contributed by atoms with Gasteiger partial charge in [-0.3, -0.25) is 10.1 Å². The van der Waals surface area contributed by atoms with E-state index >= 15 is 0 Å². The Morgan fingerprint density at radius 1 is 1.05 bits per heavy atom. The van der Waals surface area contributed by atoms with E-state index in [1.54, 1.807) is 18.2 Å². The molecule has 0 saturated carbocycles. The summed E-state index contributed by atoms with van der Waals surface area (Å²) < 4.78 is 25.1. The summed E-state index contributed by atoms with van der Waals surface area (Å²) in [5.41, 5.74) is 3.48. The van der Waals surface area contributed by atoms with Gasteiger partial charge in [0.15, 0.2) is 11.9 Å². The number of benzene rings is 2. The van der Waals surface area contributed by atoms with Gasteiger partial charge < -0.3 is 24.1 Å². The van der Waals surface area contributed by atoms with E-state index in [1.807, 2.05) is 69.8 Å². The molecule has 41 heavy (non-hydrogen) atoms. The standard InChI is InChI=1S/C30H39BN4O6/c1-7-15-35-18-25(34-35)17-32-27(36)22-11-14-26(23(16-22)20-38-8-2)33-28(37)39-19-21-9-12-24(13-10-21)31-40-29(3,4)30(5,6)41-31/h9-16H,7-8,17-20H2,1-6H3,(H-,32,33,36,37)/p+1. The van der Waals surface area contributed by atoms with Gasteiger partial charge in [0.2, 0.25) is 6.54 Å². The second-order valence-electron chi connectivity index (χ2n) is 11.1. The minimum atomic E-state index is -0.605. The molecule has 4 rings (SSSR count). The Hall–Kier alpha value is -3.54. The first-order valence-electron chi connectivity index (χ1n) is 14.0. The maximum Gasteiger partial charge on any atom is 0.494 e. The van der Waals surface area contributed by atoms with Gasteiger partial charge in [-0.15, -0.1) is 0 Å². The topological polar surface area (TPSA) is 110 Å². The summed E-state index contributed by atoms with van der Waals surface area (Å²) in [7, 11) is -0.450. The SMILES string of the molecule is CCC=[N+]1CC(CNC(=O)c2ccc(NC(=O)OCc3ccc(B4OC(C)(C)C(C)(C)O4)cc3)c(COCC)c2)=N1. The van der Waals surface area contributed by atoms with Gasteiger partial charge in [0.1, 0.15) is 6.61 Å². The Morgan fingerprint density at radius 2 is 1.73 bits per heavy atom. The lowest BCUT2D eigenvalue weighted by molar-refractivity contribution is -0.539. The second kappa shape index (κ2) is 13.0. The third-order valence-electron chi connectivity index (χ3n) is 7.40. The highest BCUT2D eigenvalue weighted by Crippen LogP contribution is 2.36. The number of hydrogen-bond donors (Lipinski definition) is 2. The fraction of sp³-hybridized carbons (Fsp3) is 0.467. The van der Waals surface area contributed by atoms with Crippen LogP contribution in [0.3, 0.4) is 0 Å². The summed E-state index contributed by atoms with van der Waals surface area (Å²) >= 11 is 0. The summed E-state index contributed by atoms with van der Waals surface area (Å²) in [6.45, 7) is 13.9. The summed E-state index contributed by atoms with van der Waals surface area (Å²) in [4.78, 5) is 25.4. The lowest BCUT2D eigenvalue weighted by Crippen LogP contribution is -2.41. The number of ether oxygens (including phenoxy) is 2. The van der Waals surface area contributed by atoms with Crippen LogP contribution in [0.2, 0.25) is 0 Å². The van der Waals surface area contributed by atoms with Crippen molar-refractivity contribution in [2.45, 2.75) is 72.4 Å². The highest BCUT2D eigenvalue weighted by Gasteiger charge is 2.51. The van der Waals surface area contributed by atoms with Gasteiger partial charge in [-0.05, 0) is 68.9 Å². The van der Waals surface area contributed by atoms with Crippen LogP contribution >= 0.6 is 0 Å². The van der Waals surface area contributed by atoms with E-state index in [0.29, 0.717) is 30.0 Å². The van der Waals surface area contributed by atoms with Crippen molar-refractivity contribution in [3.63, 3.8) is 0 Å². The molecule has 2 aromatic carbocycles. The molecular weight excluding hydrogens is 523 g/mol. The highest BCUT2D eigenvalue weighted by molar-refractivity contribution is 6.62. The van der Waals surface area contributed by atoms with E-state index in [-0.39, 0.29) is 19.1 Å². The van der Waals surface area contributed by atoms with E-state index in [1.165, 1.54) is 0 Å². The number of nitrogens with zero attached hydrogens (tertiary/aromatic N) is 2. The first-order valence-corrected chi connectivity index (χ1v) is 14.0. The second-order valence-corrected chi connectivity index (χ2v) is 11.1. The molecule has 0 aliphatic carbocycles. The first kappa shape index (κ1) is 30.4. The molecule has 2 aromatic rings. The molecule has 1 fully saturated rings. The number of rotatable bonds is 11. The quantitative estimate of drug-likeness (QED) is 0.318. The average Bonchev–Trinajstić information content (AvgIpc) is 3.14. The molecule has 11 heteroatoms. The van der Waals surface area contributed by atoms with Crippen molar-refractivity contribution in [3.8, 4) is 0 Å². The van der Waals surface area contributed by atoms with Gasteiger partial charge in [-0.2, -0.15) is 0 Å². The fourth-order valence-electron chi connectivity index (χ4n) is 4.28. The van der Waals surface area contributed by atoms with E-state index < -0.39 is 24.4 Å². The van der Waals surface area contributed by atoms with Crippen molar-refractivity contribution in [3.05, 3.63) is 59.2 Å². The van der Waals surface area contributed by atoms with E-state index in [9.17, 15) is 9.59 Å². The zero-order valence-electron chi connectivity index (χ0n) is 24.8. The predicted molar refractivity (Wildman–Crippen MR) is 159 cm³/mol. The summed E-state index contributed by atoms with van der Waals surface area (Å²) in [6.07, 6.45) is 2.31. The number of carbonyl (C=O) groups excluding carboxylic acids is 2. The third-order valence-corrected chi connectivity index (χ3v) is 7.40. The molecule has 2 aliphatic rings. The molecule has 0 spiro atoms. The van der Waals surface area contributed by atoms with Crippen LogP contribution in [-0.2, 0) is 32.0 Å². The Kier molecular flexibility index (Phi) is 9.62. The van der Waals surface area contributed by atoms with Gasteiger partial charge in [0.05, 0.1) is 24.4 Å². The first-order chi connectivity index (χ1) is 19.5. The number of carbonyl (C=O) groups is 2. The Labute approximate surface area is 242 Å². The minimum Gasteiger partial charge on any atom is -0.444 e. The molecular formula is C30H40BN4O6+. The monoisotopic (exact) mass is 563 g/mol. The van der Waals surface area contributed by atoms with Crippen molar-refractivity contribution < 1.29 is 33.1 Å². The van der Waals surface area contributed by atoms with E-state index in [4.69, 9.17) is 18.8 Å². The molecule has 218 valence electrons. The third kappa shape index (κ3) is 7.61. The molecule has 2 N–H and O–H groups in total. The van der Waals surface area contributed by atoms with Gasteiger partial charge in [0, 0.05) is 29.8 Å². The van der Waals surface area contributed by atoms with E-state index in [2.05, 4.69) is 22.7 Å². The van der Waals surface area contributed by atoms with Crippen LogP contribution in [0.5, 0.6) is 0 Å². The molecule has 0 bridgehead atoms. The van der Waals surface area contributed by atoms with Crippen molar-refractivity contribution in [2.24, 2.45) is 5.10 Å². The summed E-state index contributed by atoms with van der Waals surface area (Å²) in [5, 5.41) is 10.0. The van der Waals surface area contributed by atoms with Crippen LogP contribution in [0.1, 0.15) is 69.4 Å².